The number of carbonyl (C=O) groups excluding carboxylic acids is 1. The summed E-state index contributed by atoms with van der Waals surface area (Å²) in [4.78, 5) is 12.2. The first-order valence-electron chi connectivity index (χ1n) is 7.22. The third-order valence-electron chi connectivity index (χ3n) is 3.63. The van der Waals surface area contributed by atoms with E-state index in [1.807, 2.05) is 0 Å². The molecule has 24 heavy (non-hydrogen) atoms. The molecular weight excluding hydrogens is 356 g/mol. The monoisotopic (exact) mass is 376 g/mol. The predicted octanol–water partition coefficient (Wildman–Crippen LogP) is -0.235. The van der Waals surface area contributed by atoms with Gasteiger partial charge in [-0.25, -0.2) is 16.8 Å². The third-order valence-corrected chi connectivity index (χ3v) is 6.53. The quantitative estimate of drug-likeness (QED) is 0.734. The van der Waals surface area contributed by atoms with Crippen molar-refractivity contribution in [3.8, 4) is 5.75 Å². The first kappa shape index (κ1) is 18.5. The van der Waals surface area contributed by atoms with Crippen molar-refractivity contribution in [3.05, 3.63) is 24.3 Å². The minimum absolute atomic E-state index is 0.0314. The van der Waals surface area contributed by atoms with Crippen molar-refractivity contribution in [2.75, 3.05) is 35.7 Å². The fourth-order valence-corrected chi connectivity index (χ4v) is 5.00. The Morgan fingerprint density at radius 3 is 2.67 bits per heavy atom. The van der Waals surface area contributed by atoms with Crippen molar-refractivity contribution >= 4 is 31.5 Å². The summed E-state index contributed by atoms with van der Waals surface area (Å²) in [6.07, 6.45) is 1.34. The molecule has 0 radical (unpaired) electrons. The summed E-state index contributed by atoms with van der Waals surface area (Å²) in [5.41, 5.74) is 0.297. The fraction of sp³-hybridized carbons (Fsp3) is 0.500. The molecule has 1 fully saturated rings. The van der Waals surface area contributed by atoms with E-state index < -0.39 is 38.4 Å². The van der Waals surface area contributed by atoms with Gasteiger partial charge in [-0.15, -0.1) is 0 Å². The van der Waals surface area contributed by atoms with Crippen LogP contribution in [0.25, 0.3) is 0 Å². The summed E-state index contributed by atoms with van der Waals surface area (Å²) in [5.74, 6) is -0.172. The molecular formula is C14H20N2O6S2. The number of nitrogens with one attached hydrogen (secondary N) is 1. The fourth-order valence-electron chi connectivity index (χ4n) is 2.48. The smallest absolute Gasteiger partial charge is 0.241 e. The molecule has 1 aliphatic heterocycles. The van der Waals surface area contributed by atoms with E-state index in [1.165, 1.54) is 13.2 Å². The molecule has 1 saturated heterocycles. The van der Waals surface area contributed by atoms with Gasteiger partial charge in [-0.3, -0.25) is 9.10 Å². The number of rotatable bonds is 6. The maximum Gasteiger partial charge on any atom is 0.241 e. The average Bonchev–Trinajstić information content (AvgIpc) is 2.82. The van der Waals surface area contributed by atoms with Crippen molar-refractivity contribution < 1.29 is 26.4 Å². The topological polar surface area (TPSA) is 110 Å². The second kappa shape index (κ2) is 6.98. The number of anilines is 1. The Morgan fingerprint density at radius 2 is 2.12 bits per heavy atom. The molecule has 1 aromatic carbocycles. The van der Waals surface area contributed by atoms with Crippen LogP contribution < -0.4 is 14.4 Å². The first-order chi connectivity index (χ1) is 11.1. The molecule has 10 heteroatoms. The lowest BCUT2D eigenvalue weighted by molar-refractivity contribution is -0.120. The van der Waals surface area contributed by atoms with E-state index >= 15 is 0 Å². The molecule has 0 aromatic heterocycles. The van der Waals surface area contributed by atoms with E-state index in [0.717, 1.165) is 10.6 Å². The minimum atomic E-state index is -3.70. The summed E-state index contributed by atoms with van der Waals surface area (Å²) in [6, 6.07) is 5.86. The minimum Gasteiger partial charge on any atom is -0.497 e. The Balaban J connectivity index is 2.13. The van der Waals surface area contributed by atoms with Crippen LogP contribution in [-0.2, 0) is 24.7 Å². The van der Waals surface area contributed by atoms with Gasteiger partial charge in [-0.1, -0.05) is 6.07 Å². The van der Waals surface area contributed by atoms with E-state index in [-0.39, 0.29) is 11.5 Å². The average molecular weight is 376 g/mol. The highest BCUT2D eigenvalue weighted by atomic mass is 32.2. The van der Waals surface area contributed by atoms with Crippen LogP contribution in [-0.4, -0.2) is 60.2 Å². The van der Waals surface area contributed by atoms with Gasteiger partial charge >= 0.3 is 0 Å². The van der Waals surface area contributed by atoms with Crippen LogP contribution in [0.5, 0.6) is 5.75 Å². The second-order valence-electron chi connectivity index (χ2n) is 5.64. The van der Waals surface area contributed by atoms with E-state index in [1.54, 1.807) is 18.2 Å². The molecule has 1 atom stereocenters. The molecule has 8 nitrogen and oxygen atoms in total. The predicted molar refractivity (Wildman–Crippen MR) is 90.4 cm³/mol. The van der Waals surface area contributed by atoms with E-state index in [9.17, 15) is 21.6 Å². The second-order valence-corrected chi connectivity index (χ2v) is 9.77. The van der Waals surface area contributed by atoms with E-state index in [4.69, 9.17) is 4.74 Å². The molecule has 0 spiro atoms. The Kier molecular flexibility index (Phi) is 5.38. The highest BCUT2D eigenvalue weighted by Crippen LogP contribution is 2.23. The Hall–Kier alpha value is -1.81. The van der Waals surface area contributed by atoms with Gasteiger partial charge in [0.1, 0.15) is 12.3 Å². The number of nitrogens with zero attached hydrogens (tertiary/aromatic N) is 1. The van der Waals surface area contributed by atoms with Gasteiger partial charge in [0.2, 0.25) is 15.9 Å². The number of benzene rings is 1. The molecule has 1 amide bonds. The molecule has 134 valence electrons. The van der Waals surface area contributed by atoms with E-state index in [0.29, 0.717) is 17.9 Å². The van der Waals surface area contributed by atoms with Gasteiger partial charge in [0.05, 0.1) is 30.6 Å². The lowest BCUT2D eigenvalue weighted by Gasteiger charge is -2.23. The largest absolute Gasteiger partial charge is 0.497 e. The molecule has 2 rings (SSSR count). The summed E-state index contributed by atoms with van der Waals surface area (Å²) in [6.45, 7) is -0.428. The molecule has 0 aliphatic carbocycles. The van der Waals surface area contributed by atoms with Gasteiger partial charge in [0, 0.05) is 12.1 Å². The van der Waals surface area contributed by atoms with Crippen LogP contribution in [0.15, 0.2) is 24.3 Å². The van der Waals surface area contributed by atoms with Crippen molar-refractivity contribution in [2.45, 2.75) is 12.5 Å². The molecule has 0 saturated carbocycles. The molecule has 1 aromatic rings. The number of carbonyl (C=O) groups is 1. The standard InChI is InChI=1S/C14H20N2O6S2/c1-22-13-5-3-4-12(8-13)16(23(2,18)19)9-14(17)15-11-6-7-24(20,21)10-11/h3-5,8,11H,6-7,9-10H2,1-2H3,(H,15,17). The zero-order chi connectivity index (χ0) is 18.0. The number of hydrogen-bond acceptors (Lipinski definition) is 6. The Labute approximate surface area is 141 Å². The third kappa shape index (κ3) is 4.84. The van der Waals surface area contributed by atoms with Gasteiger partial charge in [0.15, 0.2) is 9.84 Å². The van der Waals surface area contributed by atoms with Crippen molar-refractivity contribution in [1.29, 1.82) is 0 Å². The van der Waals surface area contributed by atoms with Crippen LogP contribution in [0.4, 0.5) is 5.69 Å². The van der Waals surface area contributed by atoms with Gasteiger partial charge in [-0.05, 0) is 18.6 Å². The van der Waals surface area contributed by atoms with Crippen LogP contribution in [0.2, 0.25) is 0 Å². The SMILES string of the molecule is COc1cccc(N(CC(=O)NC2CCS(=O)(=O)C2)S(C)(=O)=O)c1. The zero-order valence-electron chi connectivity index (χ0n) is 13.4. The molecule has 1 aliphatic rings. The van der Waals surface area contributed by atoms with Crippen LogP contribution >= 0.6 is 0 Å². The number of sulfone groups is 1. The lowest BCUT2D eigenvalue weighted by atomic mass is 10.2. The zero-order valence-corrected chi connectivity index (χ0v) is 15.1. The first-order valence-corrected chi connectivity index (χ1v) is 10.9. The van der Waals surface area contributed by atoms with Gasteiger partial charge in [0.25, 0.3) is 0 Å². The maximum atomic E-state index is 12.2. The highest BCUT2D eigenvalue weighted by Gasteiger charge is 2.30. The summed E-state index contributed by atoms with van der Waals surface area (Å²) >= 11 is 0. The lowest BCUT2D eigenvalue weighted by Crippen LogP contribution is -2.44. The van der Waals surface area contributed by atoms with E-state index in [2.05, 4.69) is 5.32 Å². The van der Waals surface area contributed by atoms with Crippen molar-refractivity contribution in [1.82, 2.24) is 5.32 Å². The van der Waals surface area contributed by atoms with Crippen LogP contribution in [0.3, 0.4) is 0 Å². The normalized spacial score (nSPS) is 19.7. The summed E-state index contributed by atoms with van der Waals surface area (Å²) < 4.78 is 52.9. The summed E-state index contributed by atoms with van der Waals surface area (Å²) in [5, 5.41) is 2.58. The van der Waals surface area contributed by atoms with Crippen LogP contribution in [0.1, 0.15) is 6.42 Å². The Morgan fingerprint density at radius 1 is 1.42 bits per heavy atom. The maximum absolute atomic E-state index is 12.2. The van der Waals surface area contributed by atoms with Crippen molar-refractivity contribution in [3.63, 3.8) is 0 Å². The molecule has 1 heterocycles. The molecule has 0 bridgehead atoms. The van der Waals surface area contributed by atoms with Crippen LogP contribution in [0, 0.1) is 0 Å². The number of amides is 1. The number of sulfonamides is 1. The summed E-state index contributed by atoms with van der Waals surface area (Å²) in [7, 11) is -5.36. The highest BCUT2D eigenvalue weighted by molar-refractivity contribution is 7.92. The number of ether oxygens (including phenoxy) is 1. The van der Waals surface area contributed by atoms with Gasteiger partial charge in [-0.2, -0.15) is 0 Å². The number of methoxy groups -OCH3 is 1. The Bertz CT molecular complexity index is 819. The molecule has 1 unspecified atom stereocenters. The van der Waals surface area contributed by atoms with Crippen molar-refractivity contribution in [2.24, 2.45) is 0 Å². The molecule has 1 N–H and O–H groups in total. The van der Waals surface area contributed by atoms with Gasteiger partial charge < -0.3 is 10.1 Å². The number of hydrogen-bond donors (Lipinski definition) is 1.